The second-order valence-electron chi connectivity index (χ2n) is 2.75. The molecule has 0 aliphatic heterocycles. The van der Waals surface area contributed by atoms with Crippen LogP contribution in [0, 0.1) is 0 Å². The van der Waals surface area contributed by atoms with Gasteiger partial charge in [-0.3, -0.25) is 4.90 Å². The van der Waals surface area contributed by atoms with Crippen molar-refractivity contribution in [3.05, 3.63) is 12.2 Å². The molecule has 1 unspecified atom stereocenters. The standard InChI is InChI=1S/C8H15NO2.BrH/c1-6(2)8(10)11-7(3)9(4)5;/h7H,1H2,2-5H3;1H. The number of carbonyl (C=O) groups excluding carboxylic acids is 1. The fraction of sp³-hybridized carbons (Fsp3) is 0.625. The van der Waals surface area contributed by atoms with Gasteiger partial charge in [0.05, 0.1) is 0 Å². The van der Waals surface area contributed by atoms with E-state index >= 15 is 0 Å². The maximum Gasteiger partial charge on any atom is 0.334 e. The second-order valence-corrected chi connectivity index (χ2v) is 2.75. The lowest BCUT2D eigenvalue weighted by molar-refractivity contribution is -0.150. The number of carbonyl (C=O) groups is 1. The van der Waals surface area contributed by atoms with Crippen molar-refractivity contribution in [2.45, 2.75) is 20.1 Å². The molecule has 0 rings (SSSR count). The zero-order chi connectivity index (χ0) is 9.02. The van der Waals surface area contributed by atoms with Crippen molar-refractivity contribution in [1.29, 1.82) is 0 Å². The monoisotopic (exact) mass is 237 g/mol. The molecule has 72 valence electrons. The van der Waals surface area contributed by atoms with Crippen LogP contribution in [0.1, 0.15) is 13.8 Å². The van der Waals surface area contributed by atoms with E-state index in [0.717, 1.165) is 0 Å². The van der Waals surface area contributed by atoms with Gasteiger partial charge in [0.1, 0.15) is 0 Å². The van der Waals surface area contributed by atoms with Crippen LogP contribution < -0.4 is 0 Å². The van der Waals surface area contributed by atoms with Gasteiger partial charge in [0.15, 0.2) is 6.23 Å². The van der Waals surface area contributed by atoms with Gasteiger partial charge >= 0.3 is 5.97 Å². The van der Waals surface area contributed by atoms with Crippen molar-refractivity contribution in [1.82, 2.24) is 4.90 Å². The van der Waals surface area contributed by atoms with Gasteiger partial charge in [-0.2, -0.15) is 0 Å². The van der Waals surface area contributed by atoms with Crippen molar-refractivity contribution in [3.63, 3.8) is 0 Å². The second kappa shape index (κ2) is 6.20. The van der Waals surface area contributed by atoms with Gasteiger partial charge in [0, 0.05) is 5.57 Å². The first-order chi connectivity index (χ1) is 4.95. The Morgan fingerprint density at radius 3 is 2.17 bits per heavy atom. The van der Waals surface area contributed by atoms with Crippen LogP contribution in [-0.4, -0.2) is 31.2 Å². The first-order valence-electron chi connectivity index (χ1n) is 3.48. The highest BCUT2D eigenvalue weighted by molar-refractivity contribution is 8.93. The summed E-state index contributed by atoms with van der Waals surface area (Å²) in [5, 5.41) is 0. The van der Waals surface area contributed by atoms with E-state index in [4.69, 9.17) is 4.74 Å². The summed E-state index contributed by atoms with van der Waals surface area (Å²) in [5.74, 6) is -0.341. The third kappa shape index (κ3) is 5.32. The number of halogens is 1. The Hall–Kier alpha value is -0.350. The summed E-state index contributed by atoms with van der Waals surface area (Å²) in [6.45, 7) is 6.91. The summed E-state index contributed by atoms with van der Waals surface area (Å²) < 4.78 is 4.96. The Labute approximate surface area is 84.2 Å². The summed E-state index contributed by atoms with van der Waals surface area (Å²) in [7, 11) is 3.69. The molecule has 0 aromatic carbocycles. The van der Waals surface area contributed by atoms with Gasteiger partial charge in [-0.1, -0.05) is 6.58 Å². The Balaban J connectivity index is 0. The smallest absolute Gasteiger partial charge is 0.334 e. The molecule has 3 nitrogen and oxygen atoms in total. The van der Waals surface area contributed by atoms with Gasteiger partial charge in [-0.05, 0) is 27.9 Å². The molecule has 0 aliphatic rings. The highest BCUT2D eigenvalue weighted by atomic mass is 79.9. The third-order valence-electron chi connectivity index (χ3n) is 1.35. The van der Waals surface area contributed by atoms with Gasteiger partial charge in [0.25, 0.3) is 0 Å². The Kier molecular flexibility index (Phi) is 7.33. The van der Waals surface area contributed by atoms with Crippen molar-refractivity contribution < 1.29 is 9.53 Å². The third-order valence-corrected chi connectivity index (χ3v) is 1.35. The van der Waals surface area contributed by atoms with Gasteiger partial charge < -0.3 is 4.74 Å². The molecule has 1 atom stereocenters. The number of esters is 1. The molecule has 0 aromatic rings. The van der Waals surface area contributed by atoms with Gasteiger partial charge in [0.2, 0.25) is 0 Å². The number of nitrogens with zero attached hydrogens (tertiary/aromatic N) is 1. The van der Waals surface area contributed by atoms with Crippen LogP contribution in [0.4, 0.5) is 0 Å². The molecule has 0 aromatic heterocycles. The first-order valence-corrected chi connectivity index (χ1v) is 3.48. The van der Waals surface area contributed by atoms with Crippen LogP contribution in [0.25, 0.3) is 0 Å². The molecule has 0 aliphatic carbocycles. The zero-order valence-electron chi connectivity index (χ0n) is 7.96. The Morgan fingerprint density at radius 2 is 1.92 bits per heavy atom. The van der Waals surface area contributed by atoms with Gasteiger partial charge in [-0.15, -0.1) is 17.0 Å². The van der Waals surface area contributed by atoms with E-state index in [-0.39, 0.29) is 29.2 Å². The van der Waals surface area contributed by atoms with E-state index in [1.165, 1.54) is 0 Å². The minimum Gasteiger partial charge on any atom is -0.443 e. The molecule has 0 spiro atoms. The normalized spacial score (nSPS) is 11.8. The van der Waals surface area contributed by atoms with E-state index in [1.54, 1.807) is 18.7 Å². The maximum absolute atomic E-state index is 10.9. The molecule has 0 saturated heterocycles. The number of ether oxygens (including phenoxy) is 1. The lowest BCUT2D eigenvalue weighted by atomic mass is 10.4. The van der Waals surface area contributed by atoms with Crippen molar-refractivity contribution in [2.75, 3.05) is 14.1 Å². The van der Waals surface area contributed by atoms with Crippen LogP contribution >= 0.6 is 17.0 Å². The summed E-state index contributed by atoms with van der Waals surface area (Å²) in [6.07, 6.45) is -0.195. The average Bonchev–Trinajstić information content (AvgIpc) is 1.87. The maximum atomic E-state index is 10.9. The molecule has 12 heavy (non-hydrogen) atoms. The molecule has 0 bridgehead atoms. The molecule has 0 heterocycles. The highest BCUT2D eigenvalue weighted by Crippen LogP contribution is 1.99. The highest BCUT2D eigenvalue weighted by Gasteiger charge is 2.10. The molecular weight excluding hydrogens is 222 g/mol. The van der Waals surface area contributed by atoms with E-state index in [2.05, 4.69) is 6.58 Å². The van der Waals surface area contributed by atoms with E-state index < -0.39 is 0 Å². The predicted octanol–water partition coefficient (Wildman–Crippen LogP) is 1.59. The lowest BCUT2D eigenvalue weighted by Crippen LogP contribution is -2.30. The number of hydrogen-bond acceptors (Lipinski definition) is 3. The van der Waals surface area contributed by atoms with Crippen molar-refractivity contribution >= 4 is 23.0 Å². The van der Waals surface area contributed by atoms with Gasteiger partial charge in [-0.25, -0.2) is 4.79 Å². The number of rotatable bonds is 3. The largest absolute Gasteiger partial charge is 0.443 e. The molecule has 0 amide bonds. The van der Waals surface area contributed by atoms with E-state index in [9.17, 15) is 4.79 Å². The first kappa shape index (κ1) is 14.2. The van der Waals surface area contributed by atoms with Crippen LogP contribution in [0.2, 0.25) is 0 Å². The molecule has 0 saturated carbocycles. The summed E-state index contributed by atoms with van der Waals surface area (Å²) >= 11 is 0. The summed E-state index contributed by atoms with van der Waals surface area (Å²) in [4.78, 5) is 12.7. The molecule has 0 N–H and O–H groups in total. The van der Waals surface area contributed by atoms with Crippen LogP contribution in [0.3, 0.4) is 0 Å². The molecule has 0 fully saturated rings. The fourth-order valence-electron chi connectivity index (χ4n) is 0.361. The van der Waals surface area contributed by atoms with Crippen LogP contribution in [0.15, 0.2) is 12.2 Å². The Bertz CT molecular complexity index is 168. The average molecular weight is 238 g/mol. The van der Waals surface area contributed by atoms with Crippen LogP contribution in [-0.2, 0) is 9.53 Å². The van der Waals surface area contributed by atoms with Crippen molar-refractivity contribution in [3.8, 4) is 0 Å². The van der Waals surface area contributed by atoms with Crippen LogP contribution in [0.5, 0.6) is 0 Å². The lowest BCUT2D eigenvalue weighted by Gasteiger charge is -2.19. The predicted molar refractivity (Wildman–Crippen MR) is 54.4 cm³/mol. The molecule has 4 heteroatoms. The topological polar surface area (TPSA) is 29.5 Å². The molecular formula is C8H16BrNO2. The van der Waals surface area contributed by atoms with E-state index in [0.29, 0.717) is 5.57 Å². The van der Waals surface area contributed by atoms with E-state index in [1.807, 2.05) is 14.1 Å². The minimum absolute atomic E-state index is 0. The number of hydrogen-bond donors (Lipinski definition) is 0. The zero-order valence-corrected chi connectivity index (χ0v) is 9.67. The fourth-order valence-corrected chi connectivity index (χ4v) is 0.361. The quantitative estimate of drug-likeness (QED) is 0.425. The summed E-state index contributed by atoms with van der Waals surface area (Å²) in [6, 6.07) is 0. The SMILES string of the molecule is Br.C=C(C)C(=O)OC(C)N(C)C. The van der Waals surface area contributed by atoms with Crippen molar-refractivity contribution in [2.24, 2.45) is 0 Å². The summed E-state index contributed by atoms with van der Waals surface area (Å²) in [5.41, 5.74) is 0.429. The molecule has 0 radical (unpaired) electrons. The minimum atomic E-state index is -0.341. The Morgan fingerprint density at radius 1 is 1.50 bits per heavy atom.